The largest absolute Gasteiger partial charge is 0.382 e. The van der Waals surface area contributed by atoms with Crippen LogP contribution in [0.1, 0.15) is 19.8 Å². The molecule has 2 aromatic rings. The zero-order valence-electron chi connectivity index (χ0n) is 9.48. The lowest BCUT2D eigenvalue weighted by Gasteiger charge is -2.16. The average Bonchev–Trinajstić information content (AvgIpc) is 3.13. The van der Waals surface area contributed by atoms with E-state index in [0.717, 1.165) is 5.92 Å². The molecule has 1 fully saturated rings. The monoisotopic (exact) mass is 212 g/mol. The van der Waals surface area contributed by atoms with Crippen LogP contribution in [0.4, 0.5) is 5.69 Å². The molecule has 0 saturated heterocycles. The highest BCUT2D eigenvalue weighted by Gasteiger charge is 2.27. The Bertz CT molecular complexity index is 498. The second-order valence-corrected chi connectivity index (χ2v) is 4.67. The van der Waals surface area contributed by atoms with Gasteiger partial charge in [0, 0.05) is 34.9 Å². The van der Waals surface area contributed by atoms with E-state index >= 15 is 0 Å². The number of pyridine rings is 1. The molecule has 2 nitrogen and oxygen atoms in total. The molecule has 0 spiro atoms. The minimum atomic E-state index is 0.582. The van der Waals surface area contributed by atoms with Crippen molar-refractivity contribution < 1.29 is 0 Å². The Morgan fingerprint density at radius 2 is 2.19 bits per heavy atom. The fourth-order valence-corrected chi connectivity index (χ4v) is 2.21. The summed E-state index contributed by atoms with van der Waals surface area (Å²) < 4.78 is 0. The van der Waals surface area contributed by atoms with Crippen molar-refractivity contribution in [2.45, 2.75) is 25.8 Å². The first kappa shape index (κ1) is 9.64. The van der Waals surface area contributed by atoms with Crippen LogP contribution in [-0.4, -0.2) is 11.0 Å². The number of anilines is 1. The van der Waals surface area contributed by atoms with Crippen molar-refractivity contribution in [2.75, 3.05) is 5.32 Å². The average molecular weight is 212 g/mol. The van der Waals surface area contributed by atoms with E-state index in [9.17, 15) is 0 Å². The molecule has 1 aromatic carbocycles. The standard InChI is InChI=1S/C14H16N2/c1-10(11-5-6-11)16-14-4-2-3-12-9-15-8-7-13(12)14/h2-4,7-11,16H,5-6H2,1H3. The van der Waals surface area contributed by atoms with Crippen molar-refractivity contribution in [1.29, 1.82) is 0 Å². The van der Waals surface area contributed by atoms with Crippen molar-refractivity contribution in [3.05, 3.63) is 36.7 Å². The lowest BCUT2D eigenvalue weighted by atomic mass is 10.1. The van der Waals surface area contributed by atoms with Crippen molar-refractivity contribution in [2.24, 2.45) is 5.92 Å². The minimum Gasteiger partial charge on any atom is -0.382 e. The molecular weight excluding hydrogens is 196 g/mol. The summed E-state index contributed by atoms with van der Waals surface area (Å²) in [5, 5.41) is 6.09. The van der Waals surface area contributed by atoms with Crippen molar-refractivity contribution >= 4 is 16.5 Å². The fourth-order valence-electron chi connectivity index (χ4n) is 2.21. The van der Waals surface area contributed by atoms with E-state index in [4.69, 9.17) is 0 Å². The molecule has 16 heavy (non-hydrogen) atoms. The Balaban J connectivity index is 1.95. The number of hydrogen-bond acceptors (Lipinski definition) is 2. The number of nitrogens with one attached hydrogen (secondary N) is 1. The first-order valence-corrected chi connectivity index (χ1v) is 5.94. The van der Waals surface area contributed by atoms with Gasteiger partial charge < -0.3 is 5.32 Å². The van der Waals surface area contributed by atoms with E-state index in [1.165, 1.54) is 29.3 Å². The third-order valence-electron chi connectivity index (χ3n) is 3.39. The van der Waals surface area contributed by atoms with Crippen LogP contribution in [0.2, 0.25) is 0 Å². The third-order valence-corrected chi connectivity index (χ3v) is 3.39. The van der Waals surface area contributed by atoms with Gasteiger partial charge in [0.2, 0.25) is 0 Å². The van der Waals surface area contributed by atoms with Gasteiger partial charge in [-0.2, -0.15) is 0 Å². The van der Waals surface area contributed by atoms with Crippen LogP contribution < -0.4 is 5.32 Å². The highest BCUT2D eigenvalue weighted by atomic mass is 14.9. The molecule has 0 bridgehead atoms. The number of benzene rings is 1. The van der Waals surface area contributed by atoms with E-state index in [1.807, 2.05) is 12.4 Å². The number of fused-ring (bicyclic) bond motifs is 1. The molecular formula is C14H16N2. The molecule has 0 aliphatic heterocycles. The smallest absolute Gasteiger partial charge is 0.0423 e. The topological polar surface area (TPSA) is 24.9 Å². The predicted octanol–water partition coefficient (Wildman–Crippen LogP) is 3.45. The molecule has 0 radical (unpaired) electrons. The van der Waals surface area contributed by atoms with E-state index in [0.29, 0.717) is 6.04 Å². The molecule has 82 valence electrons. The zero-order chi connectivity index (χ0) is 11.0. The lowest BCUT2D eigenvalue weighted by Crippen LogP contribution is -2.17. The van der Waals surface area contributed by atoms with Crippen LogP contribution in [-0.2, 0) is 0 Å². The molecule has 1 aromatic heterocycles. The summed E-state index contributed by atoms with van der Waals surface area (Å²) in [6, 6.07) is 9.01. The maximum absolute atomic E-state index is 4.15. The lowest BCUT2D eigenvalue weighted by molar-refractivity contribution is 0.695. The van der Waals surface area contributed by atoms with Gasteiger partial charge in [0.15, 0.2) is 0 Å². The summed E-state index contributed by atoms with van der Waals surface area (Å²) in [4.78, 5) is 4.15. The quantitative estimate of drug-likeness (QED) is 0.843. The summed E-state index contributed by atoms with van der Waals surface area (Å²) in [5.41, 5.74) is 1.24. The van der Waals surface area contributed by atoms with Gasteiger partial charge in [0.1, 0.15) is 0 Å². The zero-order valence-corrected chi connectivity index (χ0v) is 9.48. The van der Waals surface area contributed by atoms with Crippen LogP contribution >= 0.6 is 0 Å². The molecule has 1 atom stereocenters. The van der Waals surface area contributed by atoms with Gasteiger partial charge >= 0.3 is 0 Å². The van der Waals surface area contributed by atoms with Crippen molar-refractivity contribution in [3.63, 3.8) is 0 Å². The van der Waals surface area contributed by atoms with Gasteiger partial charge in [0.05, 0.1) is 0 Å². The molecule has 1 heterocycles. The second-order valence-electron chi connectivity index (χ2n) is 4.67. The maximum Gasteiger partial charge on any atom is 0.0423 e. The Hall–Kier alpha value is -1.57. The first-order chi connectivity index (χ1) is 7.84. The molecule has 3 rings (SSSR count). The van der Waals surface area contributed by atoms with Gasteiger partial charge in [-0.1, -0.05) is 12.1 Å². The summed E-state index contributed by atoms with van der Waals surface area (Å²) in [6.07, 6.45) is 6.53. The van der Waals surface area contributed by atoms with E-state index in [2.05, 4.69) is 41.5 Å². The maximum atomic E-state index is 4.15. The van der Waals surface area contributed by atoms with Crippen LogP contribution in [0.3, 0.4) is 0 Å². The van der Waals surface area contributed by atoms with E-state index in [1.54, 1.807) is 0 Å². The van der Waals surface area contributed by atoms with Gasteiger partial charge in [-0.25, -0.2) is 0 Å². The van der Waals surface area contributed by atoms with Gasteiger partial charge in [0.25, 0.3) is 0 Å². The number of rotatable bonds is 3. The molecule has 0 amide bonds. The third kappa shape index (κ3) is 1.75. The molecule has 1 saturated carbocycles. The molecule has 1 N–H and O–H groups in total. The first-order valence-electron chi connectivity index (χ1n) is 5.94. The summed E-state index contributed by atoms with van der Waals surface area (Å²) in [6.45, 7) is 2.28. The second kappa shape index (κ2) is 3.78. The SMILES string of the molecule is CC(Nc1cccc2cnccc12)C1CC1. The van der Waals surface area contributed by atoms with Gasteiger partial charge in [-0.15, -0.1) is 0 Å². The number of nitrogens with zero attached hydrogens (tertiary/aromatic N) is 1. The Morgan fingerprint density at radius 3 is 3.00 bits per heavy atom. The highest BCUT2D eigenvalue weighted by molar-refractivity contribution is 5.93. The van der Waals surface area contributed by atoms with Crippen LogP contribution in [0.25, 0.3) is 10.8 Å². The number of hydrogen-bond donors (Lipinski definition) is 1. The molecule has 1 aliphatic rings. The van der Waals surface area contributed by atoms with Crippen molar-refractivity contribution in [1.82, 2.24) is 4.98 Å². The summed E-state index contributed by atoms with van der Waals surface area (Å²) in [7, 11) is 0. The van der Waals surface area contributed by atoms with E-state index in [-0.39, 0.29) is 0 Å². The van der Waals surface area contributed by atoms with Crippen LogP contribution in [0.5, 0.6) is 0 Å². The van der Waals surface area contributed by atoms with E-state index < -0.39 is 0 Å². The summed E-state index contributed by atoms with van der Waals surface area (Å²) in [5.74, 6) is 0.872. The van der Waals surface area contributed by atoms with Crippen LogP contribution in [0.15, 0.2) is 36.7 Å². The number of aromatic nitrogens is 1. The minimum absolute atomic E-state index is 0.582. The molecule has 2 heteroatoms. The fraction of sp³-hybridized carbons (Fsp3) is 0.357. The van der Waals surface area contributed by atoms with Gasteiger partial charge in [-0.05, 0) is 37.8 Å². The highest BCUT2D eigenvalue weighted by Crippen LogP contribution is 2.35. The Kier molecular flexibility index (Phi) is 2.28. The normalized spacial score (nSPS) is 17.3. The van der Waals surface area contributed by atoms with Crippen LogP contribution in [0, 0.1) is 5.92 Å². The summed E-state index contributed by atoms with van der Waals surface area (Å²) >= 11 is 0. The Morgan fingerprint density at radius 1 is 1.31 bits per heavy atom. The predicted molar refractivity (Wildman–Crippen MR) is 67.6 cm³/mol. The Labute approximate surface area is 95.7 Å². The van der Waals surface area contributed by atoms with Crippen molar-refractivity contribution in [3.8, 4) is 0 Å². The van der Waals surface area contributed by atoms with Gasteiger partial charge in [-0.3, -0.25) is 4.98 Å². The molecule has 1 unspecified atom stereocenters. The molecule has 1 aliphatic carbocycles.